The van der Waals surface area contributed by atoms with Gasteiger partial charge < -0.3 is 10.1 Å². The standard InChI is InChI=1S/C24H22N4O2/c1-3-30-24(29)20-16(2)28-23(18-11-7-8-12-26-18)22(19-15-25-13-14-27-19)21(20)17-9-5-4-6-10-17/h4-15,21,28H,3H2,1-2H3. The van der Waals surface area contributed by atoms with Crippen LogP contribution in [0.4, 0.5) is 0 Å². The van der Waals surface area contributed by atoms with Gasteiger partial charge in [-0.3, -0.25) is 15.0 Å². The second-order valence-corrected chi connectivity index (χ2v) is 6.82. The van der Waals surface area contributed by atoms with Gasteiger partial charge in [0.05, 0.1) is 35.5 Å². The molecular formula is C24H22N4O2. The number of rotatable bonds is 5. The smallest absolute Gasteiger partial charge is 0.336 e. The lowest BCUT2D eigenvalue weighted by Crippen LogP contribution is -2.29. The third-order valence-corrected chi connectivity index (χ3v) is 4.95. The zero-order chi connectivity index (χ0) is 20.9. The summed E-state index contributed by atoms with van der Waals surface area (Å²) in [5.41, 5.74) is 5.33. The molecule has 0 saturated carbocycles. The van der Waals surface area contributed by atoms with Crippen LogP contribution in [0.1, 0.15) is 36.7 Å². The van der Waals surface area contributed by atoms with E-state index < -0.39 is 0 Å². The maximum Gasteiger partial charge on any atom is 0.336 e. The van der Waals surface area contributed by atoms with Crippen LogP contribution in [-0.2, 0) is 9.53 Å². The second kappa shape index (κ2) is 8.69. The van der Waals surface area contributed by atoms with Crippen molar-refractivity contribution < 1.29 is 9.53 Å². The molecule has 1 atom stereocenters. The van der Waals surface area contributed by atoms with Gasteiger partial charge in [-0.2, -0.15) is 0 Å². The minimum absolute atomic E-state index is 0.300. The highest BCUT2D eigenvalue weighted by Gasteiger charge is 2.36. The summed E-state index contributed by atoms with van der Waals surface area (Å²) in [4.78, 5) is 26.4. The molecule has 1 N–H and O–H groups in total. The molecular weight excluding hydrogens is 376 g/mol. The fraction of sp³-hybridized carbons (Fsp3) is 0.167. The molecule has 6 heteroatoms. The number of carbonyl (C=O) groups excluding carboxylic acids is 1. The van der Waals surface area contributed by atoms with Gasteiger partial charge in [-0.25, -0.2) is 4.79 Å². The van der Waals surface area contributed by atoms with Crippen LogP contribution in [0.5, 0.6) is 0 Å². The van der Waals surface area contributed by atoms with Gasteiger partial charge in [0.25, 0.3) is 0 Å². The first kappa shape index (κ1) is 19.5. The van der Waals surface area contributed by atoms with Gasteiger partial charge in [-0.05, 0) is 31.5 Å². The molecule has 1 aliphatic heterocycles. The van der Waals surface area contributed by atoms with Crippen molar-refractivity contribution in [3.8, 4) is 0 Å². The number of esters is 1. The Kier molecular flexibility index (Phi) is 5.66. The molecule has 0 aliphatic carbocycles. The number of nitrogens with one attached hydrogen (secondary N) is 1. The number of nitrogens with zero attached hydrogens (tertiary/aromatic N) is 3. The van der Waals surface area contributed by atoms with Gasteiger partial charge in [0, 0.05) is 35.8 Å². The maximum atomic E-state index is 13.0. The highest BCUT2D eigenvalue weighted by Crippen LogP contribution is 2.45. The summed E-state index contributed by atoms with van der Waals surface area (Å²) < 4.78 is 5.42. The van der Waals surface area contributed by atoms with Crippen LogP contribution in [-0.4, -0.2) is 27.5 Å². The first-order chi connectivity index (χ1) is 14.7. The quantitative estimate of drug-likeness (QED) is 0.656. The topological polar surface area (TPSA) is 77.0 Å². The van der Waals surface area contributed by atoms with E-state index in [4.69, 9.17) is 4.74 Å². The van der Waals surface area contributed by atoms with E-state index in [2.05, 4.69) is 20.3 Å². The third kappa shape index (κ3) is 3.72. The molecule has 6 nitrogen and oxygen atoms in total. The van der Waals surface area contributed by atoms with E-state index in [0.717, 1.165) is 28.2 Å². The Bertz CT molecular complexity index is 1090. The fourth-order valence-corrected chi connectivity index (χ4v) is 3.71. The minimum Gasteiger partial charge on any atom is -0.463 e. The number of hydrogen-bond donors (Lipinski definition) is 1. The van der Waals surface area contributed by atoms with E-state index in [-0.39, 0.29) is 11.9 Å². The van der Waals surface area contributed by atoms with E-state index in [1.807, 2.05) is 55.5 Å². The summed E-state index contributed by atoms with van der Waals surface area (Å²) in [6, 6.07) is 15.6. The summed E-state index contributed by atoms with van der Waals surface area (Å²) in [5.74, 6) is -0.724. The van der Waals surface area contributed by atoms with Crippen molar-refractivity contribution in [3.05, 3.63) is 102 Å². The molecule has 0 saturated heterocycles. The average molecular weight is 398 g/mol. The molecule has 0 amide bonds. The highest BCUT2D eigenvalue weighted by atomic mass is 16.5. The zero-order valence-electron chi connectivity index (χ0n) is 16.9. The Labute approximate surface area is 175 Å². The van der Waals surface area contributed by atoms with Crippen LogP contribution < -0.4 is 5.32 Å². The average Bonchev–Trinajstić information content (AvgIpc) is 2.80. The third-order valence-electron chi connectivity index (χ3n) is 4.95. The van der Waals surface area contributed by atoms with Crippen molar-refractivity contribution in [2.75, 3.05) is 6.61 Å². The molecule has 1 aliphatic rings. The second-order valence-electron chi connectivity index (χ2n) is 6.82. The summed E-state index contributed by atoms with van der Waals surface area (Å²) in [6.07, 6.45) is 6.73. The van der Waals surface area contributed by atoms with Crippen LogP contribution in [0.15, 0.2) is 84.6 Å². The Balaban J connectivity index is 2.01. The molecule has 0 spiro atoms. The fourth-order valence-electron chi connectivity index (χ4n) is 3.71. The molecule has 150 valence electrons. The molecule has 0 fully saturated rings. The molecule has 4 rings (SSSR count). The molecule has 1 aromatic carbocycles. The van der Waals surface area contributed by atoms with Crippen LogP contribution in [0.2, 0.25) is 0 Å². The van der Waals surface area contributed by atoms with Crippen molar-refractivity contribution >= 4 is 17.2 Å². The summed E-state index contributed by atoms with van der Waals surface area (Å²) in [7, 11) is 0. The summed E-state index contributed by atoms with van der Waals surface area (Å²) in [6.45, 7) is 3.99. The van der Waals surface area contributed by atoms with Crippen molar-refractivity contribution in [1.82, 2.24) is 20.3 Å². The lowest BCUT2D eigenvalue weighted by molar-refractivity contribution is -0.138. The number of ether oxygens (including phenoxy) is 1. The van der Waals surface area contributed by atoms with Crippen molar-refractivity contribution in [2.24, 2.45) is 0 Å². The molecule has 3 aromatic rings. The first-order valence-electron chi connectivity index (χ1n) is 9.82. The number of aromatic nitrogens is 3. The molecule has 3 heterocycles. The number of hydrogen-bond acceptors (Lipinski definition) is 6. The Hall–Kier alpha value is -3.80. The van der Waals surface area contributed by atoms with E-state index in [9.17, 15) is 4.79 Å². The molecule has 2 aromatic heterocycles. The Morgan fingerprint density at radius 2 is 1.77 bits per heavy atom. The van der Waals surface area contributed by atoms with Crippen LogP contribution >= 0.6 is 0 Å². The van der Waals surface area contributed by atoms with E-state index in [1.165, 1.54) is 0 Å². The van der Waals surface area contributed by atoms with Gasteiger partial charge in [0.2, 0.25) is 0 Å². The van der Waals surface area contributed by atoms with E-state index >= 15 is 0 Å². The van der Waals surface area contributed by atoms with Gasteiger partial charge >= 0.3 is 5.97 Å². The van der Waals surface area contributed by atoms with Crippen LogP contribution in [0.25, 0.3) is 11.3 Å². The summed E-state index contributed by atoms with van der Waals surface area (Å²) in [5, 5.41) is 3.40. The van der Waals surface area contributed by atoms with Crippen LogP contribution in [0.3, 0.4) is 0 Å². The highest BCUT2D eigenvalue weighted by molar-refractivity contribution is 6.03. The van der Waals surface area contributed by atoms with Gasteiger partial charge in [0.15, 0.2) is 0 Å². The lowest BCUT2D eigenvalue weighted by Gasteiger charge is -2.32. The normalized spacial score (nSPS) is 16.3. The SMILES string of the molecule is CCOC(=O)C1=C(C)NC(c2ccccn2)=C(c2cnccn2)C1c1ccccc1. The van der Waals surface area contributed by atoms with Crippen molar-refractivity contribution in [3.63, 3.8) is 0 Å². The lowest BCUT2D eigenvalue weighted by atomic mass is 9.78. The first-order valence-corrected chi connectivity index (χ1v) is 9.82. The zero-order valence-corrected chi connectivity index (χ0v) is 16.9. The van der Waals surface area contributed by atoms with Crippen LogP contribution in [0, 0.1) is 0 Å². The number of pyridine rings is 1. The minimum atomic E-state index is -0.375. The largest absolute Gasteiger partial charge is 0.463 e. The molecule has 30 heavy (non-hydrogen) atoms. The van der Waals surface area contributed by atoms with E-state index in [0.29, 0.717) is 17.9 Å². The van der Waals surface area contributed by atoms with Crippen molar-refractivity contribution in [1.29, 1.82) is 0 Å². The van der Waals surface area contributed by atoms with Crippen molar-refractivity contribution in [2.45, 2.75) is 19.8 Å². The number of carbonyl (C=O) groups is 1. The monoisotopic (exact) mass is 398 g/mol. The molecule has 0 bridgehead atoms. The Morgan fingerprint density at radius 1 is 1.00 bits per heavy atom. The molecule has 1 unspecified atom stereocenters. The predicted molar refractivity (Wildman–Crippen MR) is 115 cm³/mol. The van der Waals surface area contributed by atoms with Gasteiger partial charge in [-0.1, -0.05) is 36.4 Å². The maximum absolute atomic E-state index is 13.0. The predicted octanol–water partition coefficient (Wildman–Crippen LogP) is 3.96. The van der Waals surface area contributed by atoms with Gasteiger partial charge in [-0.15, -0.1) is 0 Å². The van der Waals surface area contributed by atoms with Gasteiger partial charge in [0.1, 0.15) is 0 Å². The number of allylic oxidation sites excluding steroid dienone is 2. The number of benzene rings is 1. The van der Waals surface area contributed by atoms with E-state index in [1.54, 1.807) is 31.7 Å². The number of dihydropyridines is 1. The Morgan fingerprint density at radius 3 is 2.43 bits per heavy atom. The molecule has 0 radical (unpaired) electrons. The summed E-state index contributed by atoms with van der Waals surface area (Å²) >= 11 is 0.